The third kappa shape index (κ3) is 2.58. The summed E-state index contributed by atoms with van der Waals surface area (Å²) in [6.07, 6.45) is 3.00. The molecule has 0 unspecified atom stereocenters. The second-order valence-electron chi connectivity index (χ2n) is 4.18. The van der Waals surface area contributed by atoms with E-state index in [9.17, 15) is 0 Å². The van der Waals surface area contributed by atoms with E-state index in [1.54, 1.807) is 17.4 Å². The van der Waals surface area contributed by atoms with E-state index in [1.807, 2.05) is 18.3 Å². The van der Waals surface area contributed by atoms with Crippen LogP contribution in [0.15, 0.2) is 24.4 Å². The van der Waals surface area contributed by atoms with Crippen molar-refractivity contribution in [3.63, 3.8) is 0 Å². The largest absolute Gasteiger partial charge is 0.384 e. The highest BCUT2D eigenvalue weighted by Crippen LogP contribution is 2.25. The molecule has 2 aromatic rings. The minimum absolute atomic E-state index is 0.540. The highest BCUT2D eigenvalue weighted by molar-refractivity contribution is 7.15. The summed E-state index contributed by atoms with van der Waals surface area (Å²) in [6, 6.07) is 5.63. The van der Waals surface area contributed by atoms with Crippen molar-refractivity contribution >= 4 is 17.2 Å². The minimum atomic E-state index is 0.540. The van der Waals surface area contributed by atoms with Gasteiger partial charge in [-0.05, 0) is 24.5 Å². The summed E-state index contributed by atoms with van der Waals surface area (Å²) in [5.41, 5.74) is 6.51. The molecule has 0 saturated carbocycles. The van der Waals surface area contributed by atoms with Crippen LogP contribution in [0.3, 0.4) is 0 Å². The Morgan fingerprint density at radius 3 is 2.88 bits per heavy atom. The van der Waals surface area contributed by atoms with Gasteiger partial charge in [0.05, 0.1) is 0 Å². The van der Waals surface area contributed by atoms with Crippen LogP contribution < -0.4 is 5.73 Å². The molecule has 2 aromatic heterocycles. The van der Waals surface area contributed by atoms with Gasteiger partial charge in [-0.15, -0.1) is 11.3 Å². The molecule has 0 aliphatic heterocycles. The molecule has 0 aliphatic rings. The predicted octanol–water partition coefficient (Wildman–Crippen LogP) is 2.99. The van der Waals surface area contributed by atoms with Crippen molar-refractivity contribution in [1.29, 1.82) is 0 Å². The quantitative estimate of drug-likeness (QED) is 0.886. The van der Waals surface area contributed by atoms with Crippen LogP contribution in [0.25, 0.3) is 10.7 Å². The molecular weight excluding hydrogens is 218 g/mol. The Labute approximate surface area is 99.4 Å². The minimum Gasteiger partial charge on any atom is -0.384 e. The molecule has 0 amide bonds. The molecule has 0 bridgehead atoms. The van der Waals surface area contributed by atoms with E-state index in [2.05, 4.69) is 23.8 Å². The average molecular weight is 233 g/mol. The molecule has 0 aliphatic carbocycles. The third-order valence-electron chi connectivity index (χ3n) is 2.15. The molecule has 0 spiro atoms. The normalized spacial score (nSPS) is 10.9. The fourth-order valence-corrected chi connectivity index (χ4v) is 2.59. The second kappa shape index (κ2) is 4.61. The number of hydrogen-bond donors (Lipinski definition) is 1. The van der Waals surface area contributed by atoms with Crippen molar-refractivity contribution in [2.75, 3.05) is 5.73 Å². The van der Waals surface area contributed by atoms with Gasteiger partial charge in [0.2, 0.25) is 0 Å². The molecule has 0 saturated heterocycles. The number of pyridine rings is 1. The predicted molar refractivity (Wildman–Crippen MR) is 68.3 cm³/mol. The van der Waals surface area contributed by atoms with E-state index >= 15 is 0 Å². The van der Waals surface area contributed by atoms with Crippen molar-refractivity contribution < 1.29 is 0 Å². The Kier molecular flexibility index (Phi) is 3.19. The summed E-state index contributed by atoms with van der Waals surface area (Å²) in [5.74, 6) is 1.19. The van der Waals surface area contributed by atoms with E-state index < -0.39 is 0 Å². The molecule has 4 heteroatoms. The summed E-state index contributed by atoms with van der Waals surface area (Å²) < 4.78 is 0. The number of aromatic nitrogens is 2. The molecular formula is C12H15N3S. The number of hydrogen-bond acceptors (Lipinski definition) is 4. The van der Waals surface area contributed by atoms with E-state index in [4.69, 9.17) is 5.73 Å². The van der Waals surface area contributed by atoms with Gasteiger partial charge >= 0.3 is 0 Å². The van der Waals surface area contributed by atoms with Crippen molar-refractivity contribution in [2.45, 2.75) is 20.3 Å². The summed E-state index contributed by atoms with van der Waals surface area (Å²) in [6.45, 7) is 4.41. The first-order valence-electron chi connectivity index (χ1n) is 5.33. The number of nitrogens with zero attached hydrogens (tertiary/aromatic N) is 2. The van der Waals surface area contributed by atoms with E-state index in [0.717, 1.165) is 17.1 Å². The van der Waals surface area contributed by atoms with Crippen LogP contribution in [-0.2, 0) is 6.42 Å². The van der Waals surface area contributed by atoms with Crippen LogP contribution in [0, 0.1) is 5.92 Å². The summed E-state index contributed by atoms with van der Waals surface area (Å²) in [5, 5.41) is 0.947. The lowest BCUT2D eigenvalue weighted by Crippen LogP contribution is -1.90. The maximum Gasteiger partial charge on any atom is 0.142 e. The molecule has 2 heterocycles. The van der Waals surface area contributed by atoms with E-state index in [1.165, 1.54) is 4.88 Å². The fraction of sp³-hybridized carbons (Fsp3) is 0.333. The Bertz CT molecular complexity index is 477. The molecule has 84 valence electrons. The van der Waals surface area contributed by atoms with Crippen LogP contribution in [0.1, 0.15) is 18.7 Å². The van der Waals surface area contributed by atoms with Gasteiger partial charge in [-0.25, -0.2) is 9.97 Å². The first-order chi connectivity index (χ1) is 7.65. The van der Waals surface area contributed by atoms with Crippen LogP contribution in [0.2, 0.25) is 0 Å². The smallest absolute Gasteiger partial charge is 0.142 e. The molecule has 0 fully saturated rings. The number of anilines is 1. The highest BCUT2D eigenvalue weighted by atomic mass is 32.1. The van der Waals surface area contributed by atoms with Gasteiger partial charge in [-0.1, -0.05) is 19.9 Å². The SMILES string of the molecule is CC(C)Cc1cnc(-c2cccc(N)n2)s1. The summed E-state index contributed by atoms with van der Waals surface area (Å²) in [7, 11) is 0. The number of thiazole rings is 1. The topological polar surface area (TPSA) is 51.8 Å². The highest BCUT2D eigenvalue weighted by Gasteiger charge is 2.07. The standard InChI is InChI=1S/C12H15N3S/c1-8(2)6-9-7-14-12(16-9)10-4-3-5-11(13)15-10/h3-5,7-8H,6H2,1-2H3,(H2,13,15). The van der Waals surface area contributed by atoms with Gasteiger partial charge in [0.1, 0.15) is 16.5 Å². The zero-order valence-electron chi connectivity index (χ0n) is 9.47. The van der Waals surface area contributed by atoms with Gasteiger partial charge in [0.25, 0.3) is 0 Å². The summed E-state index contributed by atoms with van der Waals surface area (Å²) >= 11 is 1.69. The van der Waals surface area contributed by atoms with Crippen molar-refractivity contribution in [1.82, 2.24) is 9.97 Å². The molecule has 0 atom stereocenters. The van der Waals surface area contributed by atoms with Gasteiger partial charge in [0, 0.05) is 11.1 Å². The number of rotatable bonds is 3. The lowest BCUT2D eigenvalue weighted by molar-refractivity contribution is 0.653. The molecule has 16 heavy (non-hydrogen) atoms. The Morgan fingerprint density at radius 2 is 2.19 bits per heavy atom. The van der Waals surface area contributed by atoms with Gasteiger partial charge in [-0.2, -0.15) is 0 Å². The third-order valence-corrected chi connectivity index (χ3v) is 3.19. The fourth-order valence-electron chi connectivity index (χ4n) is 1.49. The van der Waals surface area contributed by atoms with Gasteiger partial charge < -0.3 is 5.73 Å². The van der Waals surface area contributed by atoms with Crippen LogP contribution in [0.4, 0.5) is 5.82 Å². The first-order valence-corrected chi connectivity index (χ1v) is 6.14. The van der Waals surface area contributed by atoms with Crippen molar-refractivity contribution in [2.24, 2.45) is 5.92 Å². The van der Waals surface area contributed by atoms with Crippen molar-refractivity contribution in [3.05, 3.63) is 29.3 Å². The van der Waals surface area contributed by atoms with Gasteiger partial charge in [0.15, 0.2) is 0 Å². The maximum absolute atomic E-state index is 5.65. The van der Waals surface area contributed by atoms with Crippen LogP contribution in [-0.4, -0.2) is 9.97 Å². The Hall–Kier alpha value is -1.42. The molecule has 3 nitrogen and oxygen atoms in total. The Balaban J connectivity index is 2.24. The van der Waals surface area contributed by atoms with E-state index in [0.29, 0.717) is 11.7 Å². The molecule has 2 N–H and O–H groups in total. The average Bonchev–Trinajstić information content (AvgIpc) is 2.65. The monoisotopic (exact) mass is 233 g/mol. The summed E-state index contributed by atoms with van der Waals surface area (Å²) in [4.78, 5) is 9.94. The van der Waals surface area contributed by atoms with E-state index in [-0.39, 0.29) is 0 Å². The zero-order chi connectivity index (χ0) is 11.5. The Morgan fingerprint density at radius 1 is 1.38 bits per heavy atom. The van der Waals surface area contributed by atoms with Gasteiger partial charge in [-0.3, -0.25) is 0 Å². The maximum atomic E-state index is 5.65. The second-order valence-corrected chi connectivity index (χ2v) is 5.29. The lowest BCUT2D eigenvalue weighted by Gasteiger charge is -1.99. The zero-order valence-corrected chi connectivity index (χ0v) is 10.3. The lowest BCUT2D eigenvalue weighted by atomic mass is 10.1. The molecule has 0 radical (unpaired) electrons. The molecule has 2 rings (SSSR count). The van der Waals surface area contributed by atoms with Crippen LogP contribution in [0.5, 0.6) is 0 Å². The number of nitrogens with two attached hydrogens (primary N) is 1. The first kappa shape index (κ1) is 11.1. The molecule has 0 aromatic carbocycles. The van der Waals surface area contributed by atoms with Crippen molar-refractivity contribution in [3.8, 4) is 10.7 Å². The van der Waals surface area contributed by atoms with Crippen LogP contribution >= 0.6 is 11.3 Å². The number of nitrogen functional groups attached to an aromatic ring is 1.